The van der Waals surface area contributed by atoms with Gasteiger partial charge >= 0.3 is 0 Å². The maximum atomic E-state index is 11.5. The van der Waals surface area contributed by atoms with Crippen LogP contribution in [0.25, 0.3) is 0 Å². The Morgan fingerprint density at radius 2 is 2.25 bits per heavy atom. The number of carbonyl (C=O) groups excluding carboxylic acids is 1. The predicted molar refractivity (Wildman–Crippen MR) is 47.8 cm³/mol. The minimum Gasteiger partial charge on any atom is -0.397 e. The monoisotopic (exact) mass is 164 g/mol. The molecular weight excluding hydrogens is 152 g/mol. The Hall–Kier alpha value is -1.38. The van der Waals surface area contributed by atoms with Gasteiger partial charge in [0.1, 0.15) is 0 Å². The Labute approximate surface area is 71.6 Å². The van der Waals surface area contributed by atoms with Crippen LogP contribution in [-0.4, -0.2) is 10.8 Å². The van der Waals surface area contributed by atoms with Crippen LogP contribution in [0.15, 0.2) is 18.5 Å². The lowest BCUT2D eigenvalue weighted by Crippen LogP contribution is -2.10. The molecule has 0 saturated heterocycles. The third kappa shape index (κ3) is 1.61. The zero-order chi connectivity index (χ0) is 9.14. The molecule has 0 bridgehead atoms. The second-order valence-corrected chi connectivity index (χ2v) is 2.98. The van der Waals surface area contributed by atoms with Gasteiger partial charge in [-0.2, -0.15) is 0 Å². The summed E-state index contributed by atoms with van der Waals surface area (Å²) >= 11 is 0. The molecule has 12 heavy (non-hydrogen) atoms. The van der Waals surface area contributed by atoms with Crippen molar-refractivity contribution < 1.29 is 4.79 Å². The van der Waals surface area contributed by atoms with E-state index < -0.39 is 0 Å². The Kier molecular flexibility index (Phi) is 2.43. The van der Waals surface area contributed by atoms with Crippen molar-refractivity contribution in [2.45, 2.75) is 13.8 Å². The summed E-state index contributed by atoms with van der Waals surface area (Å²) in [5.74, 6) is 0.0459. The first-order valence-electron chi connectivity index (χ1n) is 3.86. The molecule has 2 N–H and O–H groups in total. The van der Waals surface area contributed by atoms with Gasteiger partial charge in [0.15, 0.2) is 5.78 Å². The second-order valence-electron chi connectivity index (χ2n) is 2.98. The van der Waals surface area contributed by atoms with Crippen molar-refractivity contribution in [1.29, 1.82) is 0 Å². The number of nitrogens with zero attached hydrogens (tertiary/aromatic N) is 1. The molecule has 0 spiro atoms. The van der Waals surface area contributed by atoms with E-state index in [2.05, 4.69) is 4.98 Å². The Bertz CT molecular complexity index is 294. The lowest BCUT2D eigenvalue weighted by Gasteiger charge is -2.05. The van der Waals surface area contributed by atoms with Gasteiger partial charge in [0.05, 0.1) is 11.9 Å². The summed E-state index contributed by atoms with van der Waals surface area (Å²) < 4.78 is 0. The van der Waals surface area contributed by atoms with Gasteiger partial charge < -0.3 is 5.73 Å². The van der Waals surface area contributed by atoms with Crippen molar-refractivity contribution in [3.8, 4) is 0 Å². The lowest BCUT2D eigenvalue weighted by atomic mass is 10.0. The van der Waals surface area contributed by atoms with Crippen molar-refractivity contribution >= 4 is 11.5 Å². The van der Waals surface area contributed by atoms with E-state index in [0.717, 1.165) is 0 Å². The molecule has 3 nitrogen and oxygen atoms in total. The lowest BCUT2D eigenvalue weighted by molar-refractivity contribution is 0.0940. The second kappa shape index (κ2) is 3.34. The van der Waals surface area contributed by atoms with Crippen LogP contribution >= 0.6 is 0 Å². The molecule has 3 heteroatoms. The molecule has 0 aliphatic rings. The van der Waals surface area contributed by atoms with Crippen molar-refractivity contribution in [3.63, 3.8) is 0 Å². The van der Waals surface area contributed by atoms with E-state index in [-0.39, 0.29) is 11.7 Å². The van der Waals surface area contributed by atoms with Crippen LogP contribution in [0, 0.1) is 5.92 Å². The molecule has 1 heterocycles. The molecule has 64 valence electrons. The van der Waals surface area contributed by atoms with Gasteiger partial charge in [-0.05, 0) is 6.07 Å². The summed E-state index contributed by atoms with van der Waals surface area (Å²) in [6, 6.07) is 1.65. The van der Waals surface area contributed by atoms with Crippen molar-refractivity contribution in [2.75, 3.05) is 5.73 Å². The first kappa shape index (κ1) is 8.71. The maximum absolute atomic E-state index is 11.5. The van der Waals surface area contributed by atoms with Crippen LogP contribution in [0.5, 0.6) is 0 Å². The highest BCUT2D eigenvalue weighted by molar-refractivity contribution is 6.01. The van der Waals surface area contributed by atoms with Crippen LogP contribution in [0.3, 0.4) is 0 Å². The van der Waals surface area contributed by atoms with Gasteiger partial charge in [0.2, 0.25) is 0 Å². The fraction of sp³-hybridized carbons (Fsp3) is 0.333. The topological polar surface area (TPSA) is 56.0 Å². The number of rotatable bonds is 2. The third-order valence-corrected chi connectivity index (χ3v) is 1.64. The van der Waals surface area contributed by atoms with Gasteiger partial charge in [0.25, 0.3) is 0 Å². The summed E-state index contributed by atoms with van der Waals surface area (Å²) in [7, 11) is 0. The zero-order valence-electron chi connectivity index (χ0n) is 7.24. The van der Waals surface area contributed by atoms with E-state index >= 15 is 0 Å². The van der Waals surface area contributed by atoms with E-state index in [1.165, 1.54) is 6.20 Å². The summed E-state index contributed by atoms with van der Waals surface area (Å²) in [6.07, 6.45) is 3.07. The van der Waals surface area contributed by atoms with Crippen LogP contribution in [0.2, 0.25) is 0 Å². The molecule has 1 rings (SSSR count). The van der Waals surface area contributed by atoms with E-state index in [9.17, 15) is 4.79 Å². The number of Topliss-reactive ketones (excluding diaryl/α,β-unsaturated/α-hetero) is 1. The van der Waals surface area contributed by atoms with Crippen molar-refractivity contribution in [2.24, 2.45) is 5.92 Å². The van der Waals surface area contributed by atoms with Gasteiger partial charge in [-0.1, -0.05) is 13.8 Å². The van der Waals surface area contributed by atoms with Crippen LogP contribution in [0.4, 0.5) is 5.69 Å². The molecule has 1 aromatic heterocycles. The molecule has 0 aliphatic heterocycles. The number of hydrogen-bond acceptors (Lipinski definition) is 3. The molecule has 0 fully saturated rings. The van der Waals surface area contributed by atoms with E-state index in [1.54, 1.807) is 12.3 Å². The number of ketones is 1. The molecule has 0 unspecified atom stereocenters. The minimum atomic E-state index is -0.0188. The quantitative estimate of drug-likeness (QED) is 0.674. The first-order chi connectivity index (χ1) is 5.63. The summed E-state index contributed by atoms with van der Waals surface area (Å²) in [5.41, 5.74) is 6.60. The van der Waals surface area contributed by atoms with Gasteiger partial charge in [-0.3, -0.25) is 9.78 Å². The number of pyridine rings is 1. The molecule has 0 radical (unpaired) electrons. The Morgan fingerprint density at radius 3 is 2.75 bits per heavy atom. The number of nitrogens with two attached hydrogens (primary N) is 1. The Balaban J connectivity index is 3.03. The fourth-order valence-corrected chi connectivity index (χ4v) is 0.942. The maximum Gasteiger partial charge on any atom is 0.167 e. The van der Waals surface area contributed by atoms with E-state index in [1.807, 2.05) is 13.8 Å². The molecule has 0 aromatic carbocycles. The number of carbonyl (C=O) groups is 1. The number of nitrogen functional groups attached to an aromatic ring is 1. The van der Waals surface area contributed by atoms with Crippen molar-refractivity contribution in [1.82, 2.24) is 4.98 Å². The number of anilines is 1. The highest BCUT2D eigenvalue weighted by atomic mass is 16.1. The molecule has 1 aromatic rings. The predicted octanol–water partition coefficient (Wildman–Crippen LogP) is 1.50. The molecule has 0 aliphatic carbocycles. The largest absolute Gasteiger partial charge is 0.397 e. The van der Waals surface area contributed by atoms with Crippen LogP contribution in [-0.2, 0) is 0 Å². The average Bonchev–Trinajstić information content (AvgIpc) is 2.04. The highest BCUT2D eigenvalue weighted by Gasteiger charge is 2.12. The summed E-state index contributed by atoms with van der Waals surface area (Å²) in [4.78, 5) is 15.3. The van der Waals surface area contributed by atoms with Gasteiger partial charge in [-0.25, -0.2) is 0 Å². The first-order valence-corrected chi connectivity index (χ1v) is 3.86. The van der Waals surface area contributed by atoms with Crippen molar-refractivity contribution in [3.05, 3.63) is 24.0 Å². The smallest absolute Gasteiger partial charge is 0.167 e. The third-order valence-electron chi connectivity index (χ3n) is 1.64. The average molecular weight is 164 g/mol. The minimum absolute atomic E-state index is 0.0188. The SMILES string of the molecule is CC(C)C(=O)c1ccncc1N. The molecule has 0 saturated carbocycles. The summed E-state index contributed by atoms with van der Waals surface area (Å²) in [5, 5.41) is 0. The summed E-state index contributed by atoms with van der Waals surface area (Å²) in [6.45, 7) is 3.70. The normalized spacial score (nSPS) is 10.2. The number of aromatic nitrogens is 1. The van der Waals surface area contributed by atoms with E-state index in [0.29, 0.717) is 11.3 Å². The molecular formula is C9H12N2O. The van der Waals surface area contributed by atoms with Gasteiger partial charge in [-0.15, -0.1) is 0 Å². The fourth-order valence-electron chi connectivity index (χ4n) is 0.942. The molecule has 0 atom stereocenters. The van der Waals surface area contributed by atoms with Crippen LogP contribution in [0.1, 0.15) is 24.2 Å². The standard InChI is InChI=1S/C9H12N2O/c1-6(2)9(12)7-3-4-11-5-8(7)10/h3-6H,10H2,1-2H3. The Morgan fingerprint density at radius 1 is 1.58 bits per heavy atom. The van der Waals surface area contributed by atoms with Gasteiger partial charge in [0, 0.05) is 17.7 Å². The number of hydrogen-bond donors (Lipinski definition) is 1. The van der Waals surface area contributed by atoms with E-state index in [4.69, 9.17) is 5.73 Å². The van der Waals surface area contributed by atoms with Crippen LogP contribution < -0.4 is 5.73 Å². The highest BCUT2D eigenvalue weighted by Crippen LogP contribution is 2.13. The zero-order valence-corrected chi connectivity index (χ0v) is 7.24. The molecule has 0 amide bonds.